The van der Waals surface area contributed by atoms with Crippen LogP contribution in [0.5, 0.6) is 5.88 Å². The summed E-state index contributed by atoms with van der Waals surface area (Å²) in [7, 11) is -4.07. The largest absolute Gasteiger partial charge is 0.474 e. The van der Waals surface area contributed by atoms with E-state index in [1.165, 1.54) is 0 Å². The first kappa shape index (κ1) is 27.6. The first-order chi connectivity index (χ1) is 19.0. The number of ether oxygens (including phenoxy) is 1. The molecule has 1 aliphatic heterocycles. The SMILES string of the molecule is Cc1nn2c(OC3CCN(c4nc(C(C)C)no4)CC3)ccnc2c1CCC(=O)c1ccc(S(N)(=O)=O)cc1F. The number of nitrogens with two attached hydrogens (primary N) is 1. The van der Waals surface area contributed by atoms with Crippen molar-refractivity contribution in [2.24, 2.45) is 5.14 Å². The number of piperidine rings is 1. The van der Waals surface area contributed by atoms with Gasteiger partial charge in [-0.3, -0.25) is 4.79 Å². The van der Waals surface area contributed by atoms with E-state index in [0.717, 1.165) is 36.6 Å². The fourth-order valence-corrected chi connectivity index (χ4v) is 5.18. The minimum absolute atomic E-state index is 0.0206. The van der Waals surface area contributed by atoms with Gasteiger partial charge in [-0.1, -0.05) is 19.0 Å². The number of carbonyl (C=O) groups is 1. The molecule has 4 aromatic rings. The maximum Gasteiger partial charge on any atom is 0.324 e. The smallest absolute Gasteiger partial charge is 0.324 e. The van der Waals surface area contributed by atoms with Crippen molar-refractivity contribution < 1.29 is 26.9 Å². The molecule has 1 fully saturated rings. The van der Waals surface area contributed by atoms with Crippen molar-refractivity contribution in [3.63, 3.8) is 0 Å². The van der Waals surface area contributed by atoms with Gasteiger partial charge in [0.05, 0.1) is 16.2 Å². The first-order valence-electron chi connectivity index (χ1n) is 12.9. The van der Waals surface area contributed by atoms with Crippen molar-refractivity contribution >= 4 is 27.5 Å². The second-order valence-corrected chi connectivity index (χ2v) is 11.6. The third-order valence-electron chi connectivity index (χ3n) is 6.90. The summed E-state index contributed by atoms with van der Waals surface area (Å²) in [6.07, 6.45) is 3.33. The molecule has 1 saturated heterocycles. The van der Waals surface area contributed by atoms with Crippen LogP contribution in [0, 0.1) is 12.7 Å². The van der Waals surface area contributed by atoms with Crippen LogP contribution in [0.2, 0.25) is 0 Å². The van der Waals surface area contributed by atoms with Gasteiger partial charge in [0.15, 0.2) is 17.3 Å². The molecule has 212 valence electrons. The minimum Gasteiger partial charge on any atom is -0.474 e. The van der Waals surface area contributed by atoms with E-state index < -0.39 is 26.5 Å². The molecule has 0 atom stereocenters. The first-order valence-corrected chi connectivity index (χ1v) is 14.5. The molecule has 4 heterocycles. The summed E-state index contributed by atoms with van der Waals surface area (Å²) in [4.78, 5) is 23.3. The van der Waals surface area contributed by atoms with Gasteiger partial charge in [0.25, 0.3) is 0 Å². The van der Waals surface area contributed by atoms with Gasteiger partial charge < -0.3 is 14.2 Å². The van der Waals surface area contributed by atoms with Crippen molar-refractivity contribution in [3.05, 3.63) is 58.9 Å². The van der Waals surface area contributed by atoms with Crippen molar-refractivity contribution in [1.82, 2.24) is 24.7 Å². The number of hydrogen-bond acceptors (Lipinski definition) is 10. The summed E-state index contributed by atoms with van der Waals surface area (Å²) in [6, 6.07) is 5.28. The lowest BCUT2D eigenvalue weighted by atomic mass is 10.0. The second kappa shape index (κ2) is 10.9. The number of aromatic nitrogens is 5. The third-order valence-corrected chi connectivity index (χ3v) is 7.81. The number of aryl methyl sites for hydroxylation is 2. The number of halogens is 1. The molecule has 12 nitrogen and oxygen atoms in total. The van der Waals surface area contributed by atoms with Crippen LogP contribution in [0.25, 0.3) is 5.65 Å². The molecule has 0 unspecified atom stereocenters. The van der Waals surface area contributed by atoms with Crippen LogP contribution in [-0.2, 0) is 16.4 Å². The number of nitrogens with zero attached hydrogens (tertiary/aromatic N) is 6. The molecule has 5 rings (SSSR count). The predicted molar refractivity (Wildman–Crippen MR) is 142 cm³/mol. The normalized spacial score (nSPS) is 14.8. The quantitative estimate of drug-likeness (QED) is 0.296. The van der Waals surface area contributed by atoms with E-state index in [9.17, 15) is 17.6 Å². The van der Waals surface area contributed by atoms with Crippen LogP contribution in [0.3, 0.4) is 0 Å². The Hall–Kier alpha value is -3.91. The molecule has 0 spiro atoms. The minimum atomic E-state index is -4.07. The molecule has 1 aliphatic rings. The standard InChI is InChI=1S/C26H30FN7O5S/c1-15(2)24-30-26(39-32-24)33-12-9-17(10-13-33)38-23-8-11-29-25-19(16(3)31-34(23)25)6-7-22(35)20-5-4-18(14-21(20)27)40(28,36)37/h4-5,8,11,14-15,17H,6-7,9-10,12-13H2,1-3H3,(H2,28,36,37). The van der Waals surface area contributed by atoms with Gasteiger partial charge in [-0.05, 0) is 31.5 Å². The number of ketones is 1. The number of sulfonamides is 1. The summed E-state index contributed by atoms with van der Waals surface area (Å²) in [5.74, 6) is 0.00148. The Morgan fingerprint density at radius 1 is 1.25 bits per heavy atom. The maximum absolute atomic E-state index is 14.5. The highest BCUT2D eigenvalue weighted by molar-refractivity contribution is 7.89. The number of rotatable bonds is 9. The van der Waals surface area contributed by atoms with Gasteiger partial charge in [-0.25, -0.2) is 22.9 Å². The van der Waals surface area contributed by atoms with E-state index in [4.69, 9.17) is 14.4 Å². The van der Waals surface area contributed by atoms with Crippen molar-refractivity contribution in [2.45, 2.75) is 63.4 Å². The van der Waals surface area contributed by atoms with Crippen LogP contribution < -0.4 is 14.8 Å². The highest BCUT2D eigenvalue weighted by Gasteiger charge is 2.26. The van der Waals surface area contributed by atoms with Crippen molar-refractivity contribution in [2.75, 3.05) is 18.0 Å². The van der Waals surface area contributed by atoms with Crippen LogP contribution in [0.1, 0.15) is 66.5 Å². The van der Waals surface area contributed by atoms with E-state index in [1.807, 2.05) is 20.8 Å². The molecule has 0 saturated carbocycles. The van der Waals surface area contributed by atoms with E-state index in [-0.39, 0.29) is 30.4 Å². The number of benzene rings is 1. The number of fused-ring (bicyclic) bond motifs is 1. The van der Waals surface area contributed by atoms with Crippen molar-refractivity contribution in [1.29, 1.82) is 0 Å². The lowest BCUT2D eigenvalue weighted by molar-refractivity contribution is 0.0979. The van der Waals surface area contributed by atoms with Gasteiger partial charge in [-0.2, -0.15) is 14.6 Å². The van der Waals surface area contributed by atoms with Gasteiger partial charge in [0.1, 0.15) is 11.9 Å². The number of anilines is 1. The Morgan fingerprint density at radius 2 is 2.00 bits per heavy atom. The van der Waals surface area contributed by atoms with Gasteiger partial charge in [-0.15, -0.1) is 0 Å². The number of Topliss-reactive ketones (excluding diaryl/α,β-unsaturated/α-hetero) is 1. The predicted octanol–water partition coefficient (Wildman–Crippen LogP) is 3.19. The number of primary sulfonamides is 1. The zero-order valence-corrected chi connectivity index (χ0v) is 23.2. The Labute approximate surface area is 230 Å². The fourth-order valence-electron chi connectivity index (χ4n) is 4.65. The molecule has 0 bridgehead atoms. The van der Waals surface area contributed by atoms with E-state index in [2.05, 4.69) is 25.1 Å². The van der Waals surface area contributed by atoms with Crippen LogP contribution >= 0.6 is 0 Å². The lowest BCUT2D eigenvalue weighted by Gasteiger charge is -2.30. The topological polar surface area (TPSA) is 159 Å². The summed E-state index contributed by atoms with van der Waals surface area (Å²) in [5.41, 5.74) is 1.77. The Bertz CT molecular complexity index is 1660. The molecule has 14 heteroatoms. The molecular formula is C26H30FN7O5S. The van der Waals surface area contributed by atoms with Crippen LogP contribution in [-0.4, -0.2) is 58.1 Å². The zero-order chi connectivity index (χ0) is 28.6. The lowest BCUT2D eigenvalue weighted by Crippen LogP contribution is -2.38. The molecule has 40 heavy (non-hydrogen) atoms. The molecule has 1 aromatic carbocycles. The maximum atomic E-state index is 14.5. The van der Waals surface area contributed by atoms with Crippen LogP contribution in [0.4, 0.5) is 10.4 Å². The fraction of sp³-hybridized carbons (Fsp3) is 0.423. The number of carbonyl (C=O) groups excluding carboxylic acids is 1. The second-order valence-electron chi connectivity index (χ2n) is 10.1. The highest BCUT2D eigenvalue weighted by atomic mass is 32.2. The average molecular weight is 572 g/mol. The Kier molecular flexibility index (Phi) is 7.55. The summed E-state index contributed by atoms with van der Waals surface area (Å²) in [5, 5.41) is 13.7. The highest BCUT2D eigenvalue weighted by Crippen LogP contribution is 2.26. The summed E-state index contributed by atoms with van der Waals surface area (Å²) in [6.45, 7) is 7.26. The number of hydrogen-bond donors (Lipinski definition) is 1. The molecule has 0 radical (unpaired) electrons. The van der Waals surface area contributed by atoms with Gasteiger partial charge in [0, 0.05) is 56.1 Å². The average Bonchev–Trinajstić information content (AvgIpc) is 3.53. The monoisotopic (exact) mass is 571 g/mol. The molecule has 0 aliphatic carbocycles. The molecule has 3 aromatic heterocycles. The third kappa shape index (κ3) is 5.68. The van der Waals surface area contributed by atoms with E-state index in [1.54, 1.807) is 16.8 Å². The summed E-state index contributed by atoms with van der Waals surface area (Å²) < 4.78 is 50.7. The van der Waals surface area contributed by atoms with Gasteiger partial charge >= 0.3 is 6.01 Å². The van der Waals surface area contributed by atoms with Crippen molar-refractivity contribution in [3.8, 4) is 5.88 Å². The van der Waals surface area contributed by atoms with E-state index in [0.29, 0.717) is 42.1 Å². The zero-order valence-electron chi connectivity index (χ0n) is 22.4. The Morgan fingerprint density at radius 3 is 2.65 bits per heavy atom. The van der Waals surface area contributed by atoms with E-state index >= 15 is 0 Å². The van der Waals surface area contributed by atoms with Crippen LogP contribution in [0.15, 0.2) is 39.9 Å². The molecule has 2 N–H and O–H groups in total. The summed E-state index contributed by atoms with van der Waals surface area (Å²) >= 11 is 0. The van der Waals surface area contributed by atoms with Gasteiger partial charge in [0.2, 0.25) is 15.9 Å². The molecule has 0 amide bonds. The Balaban J connectivity index is 1.25. The molecular weight excluding hydrogens is 541 g/mol.